The fourth-order valence-corrected chi connectivity index (χ4v) is 3.03. The van der Waals surface area contributed by atoms with Gasteiger partial charge in [0, 0.05) is 52.0 Å². The van der Waals surface area contributed by atoms with Crippen molar-refractivity contribution in [2.24, 2.45) is 0 Å². The van der Waals surface area contributed by atoms with E-state index in [9.17, 15) is 0 Å². The Kier molecular flexibility index (Phi) is 3.83. The number of nitrogens with zero attached hydrogens (tertiary/aromatic N) is 9. The zero-order valence-electron chi connectivity index (χ0n) is 14.7. The summed E-state index contributed by atoms with van der Waals surface area (Å²) in [5.41, 5.74) is 0.947. The van der Waals surface area contributed by atoms with Gasteiger partial charge in [-0.15, -0.1) is 10.2 Å². The average molecular weight is 339 g/mol. The standard InChI is InChI=1S/C16H21N9/c1-12-10-15(25-16(19-12)17-11-18-25)24-8-6-23(7-9-24)14-5-4-13(20-21-14)22(2)3/h4-5,10-11H,6-9H2,1-3H3. The molecule has 130 valence electrons. The first kappa shape index (κ1) is 15.6. The Bertz CT molecular complexity index is 863. The van der Waals surface area contributed by atoms with Gasteiger partial charge >= 0.3 is 0 Å². The van der Waals surface area contributed by atoms with Gasteiger partial charge in [-0.25, -0.2) is 4.98 Å². The van der Waals surface area contributed by atoms with Gasteiger partial charge in [0.25, 0.3) is 5.78 Å². The van der Waals surface area contributed by atoms with Gasteiger partial charge in [-0.05, 0) is 19.1 Å². The van der Waals surface area contributed by atoms with E-state index >= 15 is 0 Å². The molecule has 0 amide bonds. The van der Waals surface area contributed by atoms with Crippen LogP contribution in [0.2, 0.25) is 0 Å². The van der Waals surface area contributed by atoms with E-state index in [0.29, 0.717) is 5.78 Å². The van der Waals surface area contributed by atoms with E-state index < -0.39 is 0 Å². The summed E-state index contributed by atoms with van der Waals surface area (Å²) < 4.78 is 1.80. The maximum atomic E-state index is 4.41. The van der Waals surface area contributed by atoms with Crippen LogP contribution in [0.1, 0.15) is 5.69 Å². The molecule has 25 heavy (non-hydrogen) atoms. The second-order valence-electron chi connectivity index (χ2n) is 6.35. The van der Waals surface area contributed by atoms with Crippen molar-refractivity contribution in [2.75, 3.05) is 55.0 Å². The third kappa shape index (κ3) is 2.92. The van der Waals surface area contributed by atoms with Gasteiger partial charge in [0.2, 0.25) is 0 Å². The molecule has 0 N–H and O–H groups in total. The summed E-state index contributed by atoms with van der Waals surface area (Å²) >= 11 is 0. The fraction of sp³-hybridized carbons (Fsp3) is 0.438. The molecule has 0 atom stereocenters. The summed E-state index contributed by atoms with van der Waals surface area (Å²) in [4.78, 5) is 15.1. The molecule has 1 fully saturated rings. The highest BCUT2D eigenvalue weighted by Crippen LogP contribution is 2.20. The molecule has 1 aliphatic heterocycles. The minimum absolute atomic E-state index is 0.641. The summed E-state index contributed by atoms with van der Waals surface area (Å²) in [7, 11) is 3.92. The van der Waals surface area contributed by atoms with Crippen molar-refractivity contribution in [3.05, 3.63) is 30.2 Å². The van der Waals surface area contributed by atoms with E-state index in [2.05, 4.69) is 41.1 Å². The molecule has 0 aromatic carbocycles. The fourth-order valence-electron chi connectivity index (χ4n) is 3.03. The Balaban J connectivity index is 1.50. The molecular weight excluding hydrogens is 318 g/mol. The summed E-state index contributed by atoms with van der Waals surface area (Å²) in [5.74, 6) is 3.46. The topological polar surface area (TPSA) is 78.6 Å². The Morgan fingerprint density at radius 3 is 2.44 bits per heavy atom. The molecule has 1 saturated heterocycles. The first-order valence-electron chi connectivity index (χ1n) is 8.30. The first-order valence-corrected chi connectivity index (χ1v) is 8.30. The van der Waals surface area contributed by atoms with Crippen LogP contribution >= 0.6 is 0 Å². The summed E-state index contributed by atoms with van der Waals surface area (Å²) in [6, 6.07) is 6.09. The van der Waals surface area contributed by atoms with Gasteiger partial charge in [0.05, 0.1) is 0 Å². The maximum absolute atomic E-state index is 4.41. The van der Waals surface area contributed by atoms with Crippen LogP contribution in [0.5, 0.6) is 0 Å². The van der Waals surface area contributed by atoms with Crippen LogP contribution in [0.4, 0.5) is 17.5 Å². The van der Waals surface area contributed by atoms with Crippen molar-refractivity contribution >= 4 is 23.2 Å². The van der Waals surface area contributed by atoms with Crippen molar-refractivity contribution in [1.82, 2.24) is 29.8 Å². The van der Waals surface area contributed by atoms with Crippen LogP contribution in [0.25, 0.3) is 5.78 Å². The molecule has 0 radical (unpaired) electrons. The lowest BCUT2D eigenvalue weighted by Crippen LogP contribution is -2.47. The number of fused-ring (bicyclic) bond motifs is 1. The third-order valence-electron chi connectivity index (χ3n) is 4.38. The van der Waals surface area contributed by atoms with Crippen LogP contribution < -0.4 is 14.7 Å². The summed E-state index contributed by atoms with van der Waals surface area (Å²) in [6.45, 7) is 5.52. The van der Waals surface area contributed by atoms with Gasteiger partial charge in [0.15, 0.2) is 11.6 Å². The zero-order valence-corrected chi connectivity index (χ0v) is 14.7. The largest absolute Gasteiger partial charge is 0.361 e. The minimum Gasteiger partial charge on any atom is -0.361 e. The molecule has 9 heteroatoms. The SMILES string of the molecule is Cc1cc(N2CCN(c3ccc(N(C)C)nn3)CC2)n2ncnc2n1. The molecule has 0 spiro atoms. The summed E-state index contributed by atoms with van der Waals surface area (Å²) in [6.07, 6.45) is 1.55. The Hall–Kier alpha value is -2.97. The van der Waals surface area contributed by atoms with E-state index in [4.69, 9.17) is 0 Å². The molecule has 3 aromatic rings. The molecular formula is C16H21N9. The number of aromatic nitrogens is 6. The van der Waals surface area contributed by atoms with Crippen LogP contribution in [-0.2, 0) is 0 Å². The highest BCUT2D eigenvalue weighted by atomic mass is 15.4. The van der Waals surface area contributed by atoms with Gasteiger partial charge in [-0.1, -0.05) is 0 Å². The van der Waals surface area contributed by atoms with E-state index in [-0.39, 0.29) is 0 Å². The van der Waals surface area contributed by atoms with Crippen LogP contribution in [0.3, 0.4) is 0 Å². The lowest BCUT2D eigenvalue weighted by molar-refractivity contribution is 0.630. The number of rotatable bonds is 3. The van der Waals surface area contributed by atoms with E-state index in [1.165, 1.54) is 0 Å². The van der Waals surface area contributed by atoms with Crippen LogP contribution in [0, 0.1) is 6.92 Å². The average Bonchev–Trinajstić information content (AvgIpc) is 3.09. The number of aryl methyl sites for hydroxylation is 1. The number of hydrogen-bond acceptors (Lipinski definition) is 8. The maximum Gasteiger partial charge on any atom is 0.254 e. The van der Waals surface area contributed by atoms with Crippen molar-refractivity contribution < 1.29 is 0 Å². The quantitative estimate of drug-likeness (QED) is 0.687. The molecule has 0 bridgehead atoms. The number of anilines is 3. The Morgan fingerprint density at radius 2 is 1.76 bits per heavy atom. The van der Waals surface area contributed by atoms with Gasteiger partial charge in [0.1, 0.15) is 12.1 Å². The molecule has 4 heterocycles. The zero-order chi connectivity index (χ0) is 17.4. The third-order valence-corrected chi connectivity index (χ3v) is 4.38. The normalized spacial score (nSPS) is 15.0. The minimum atomic E-state index is 0.641. The van der Waals surface area contributed by atoms with Gasteiger partial charge in [-0.2, -0.15) is 14.6 Å². The van der Waals surface area contributed by atoms with Crippen molar-refractivity contribution in [3.8, 4) is 0 Å². The predicted octanol–water partition coefficient (Wildman–Crippen LogP) is 0.615. The lowest BCUT2D eigenvalue weighted by atomic mass is 10.3. The lowest BCUT2D eigenvalue weighted by Gasteiger charge is -2.36. The smallest absolute Gasteiger partial charge is 0.254 e. The first-order chi connectivity index (χ1) is 12.1. The van der Waals surface area contributed by atoms with Crippen LogP contribution in [-0.4, -0.2) is 70.1 Å². The molecule has 0 saturated carbocycles. The van der Waals surface area contributed by atoms with E-state index in [1.54, 1.807) is 10.8 Å². The second-order valence-corrected chi connectivity index (χ2v) is 6.35. The predicted molar refractivity (Wildman–Crippen MR) is 96.3 cm³/mol. The highest BCUT2D eigenvalue weighted by molar-refractivity contribution is 5.50. The number of hydrogen-bond donors (Lipinski definition) is 0. The van der Waals surface area contributed by atoms with Gasteiger partial charge in [-0.3, -0.25) is 0 Å². The molecule has 4 rings (SSSR count). The Labute approximate surface area is 145 Å². The number of piperazine rings is 1. The molecule has 3 aromatic heterocycles. The molecule has 0 aliphatic carbocycles. The van der Waals surface area contributed by atoms with E-state index in [1.807, 2.05) is 38.1 Å². The van der Waals surface area contributed by atoms with Crippen molar-refractivity contribution in [2.45, 2.75) is 6.92 Å². The highest BCUT2D eigenvalue weighted by Gasteiger charge is 2.21. The van der Waals surface area contributed by atoms with Crippen LogP contribution in [0.15, 0.2) is 24.5 Å². The van der Waals surface area contributed by atoms with Crippen molar-refractivity contribution in [1.29, 1.82) is 0 Å². The second kappa shape index (κ2) is 6.15. The summed E-state index contributed by atoms with van der Waals surface area (Å²) in [5, 5.41) is 12.9. The van der Waals surface area contributed by atoms with E-state index in [0.717, 1.165) is 49.3 Å². The van der Waals surface area contributed by atoms with Gasteiger partial charge < -0.3 is 14.7 Å². The monoisotopic (exact) mass is 339 g/mol. The molecule has 0 unspecified atom stereocenters. The Morgan fingerprint density at radius 1 is 1.00 bits per heavy atom. The molecule has 9 nitrogen and oxygen atoms in total. The van der Waals surface area contributed by atoms with Crippen molar-refractivity contribution in [3.63, 3.8) is 0 Å². The molecule has 1 aliphatic rings.